The lowest BCUT2D eigenvalue weighted by Crippen LogP contribution is -1.79. The molecule has 3 rings (SSSR count). The van der Waals surface area contributed by atoms with Crippen molar-refractivity contribution >= 4 is 23.4 Å². The van der Waals surface area contributed by atoms with Crippen LogP contribution in [0.3, 0.4) is 0 Å². The van der Waals surface area contributed by atoms with Crippen LogP contribution in [0, 0.1) is 0 Å². The third-order valence-electron chi connectivity index (χ3n) is 2.37. The van der Waals surface area contributed by atoms with E-state index in [-0.39, 0.29) is 12.4 Å². The van der Waals surface area contributed by atoms with Gasteiger partial charge < -0.3 is 4.98 Å². The van der Waals surface area contributed by atoms with Gasteiger partial charge in [-0.1, -0.05) is 12.1 Å². The summed E-state index contributed by atoms with van der Waals surface area (Å²) < 4.78 is 0. The van der Waals surface area contributed by atoms with Crippen LogP contribution in [0.5, 0.6) is 0 Å². The Hall–Kier alpha value is -1.02. The highest BCUT2D eigenvalue weighted by Gasteiger charge is 2.26. The molecular weight excluding hydrogens is 184 g/mol. The van der Waals surface area contributed by atoms with Crippen LogP contribution < -0.4 is 0 Å². The third-order valence-corrected chi connectivity index (χ3v) is 2.37. The molecule has 1 aliphatic rings. The van der Waals surface area contributed by atoms with Crippen LogP contribution in [-0.2, 0) is 0 Å². The Morgan fingerprint density at radius 1 is 1.23 bits per heavy atom. The van der Waals surface area contributed by atoms with Crippen molar-refractivity contribution in [2.45, 2.75) is 18.8 Å². The molecule has 3 heteroatoms. The van der Waals surface area contributed by atoms with E-state index in [0.717, 1.165) is 11.4 Å². The molecule has 0 saturated heterocycles. The van der Waals surface area contributed by atoms with Gasteiger partial charge in [-0.05, 0) is 25.0 Å². The molecule has 0 amide bonds. The van der Waals surface area contributed by atoms with Crippen LogP contribution in [0.2, 0.25) is 0 Å². The van der Waals surface area contributed by atoms with Crippen LogP contribution >= 0.6 is 12.4 Å². The molecule has 0 unspecified atom stereocenters. The molecule has 68 valence electrons. The Balaban J connectivity index is 0.000000653. The molecule has 0 bridgehead atoms. The lowest BCUT2D eigenvalue weighted by atomic mass is 10.3. The molecular formula is C10H11ClN2. The average Bonchev–Trinajstić information content (AvgIpc) is 2.85. The number of aromatic amines is 1. The van der Waals surface area contributed by atoms with Gasteiger partial charge in [-0.25, -0.2) is 4.98 Å². The van der Waals surface area contributed by atoms with Crippen molar-refractivity contribution in [1.29, 1.82) is 0 Å². The maximum atomic E-state index is 4.52. The monoisotopic (exact) mass is 194 g/mol. The maximum absolute atomic E-state index is 4.52. The quantitative estimate of drug-likeness (QED) is 0.743. The number of aromatic nitrogens is 2. The highest BCUT2D eigenvalue weighted by Crippen LogP contribution is 2.38. The second kappa shape index (κ2) is 3.04. The minimum absolute atomic E-state index is 0. The van der Waals surface area contributed by atoms with E-state index in [1.165, 1.54) is 24.2 Å². The fourth-order valence-electron chi connectivity index (χ4n) is 1.52. The molecule has 1 saturated carbocycles. The summed E-state index contributed by atoms with van der Waals surface area (Å²) in [4.78, 5) is 7.87. The first kappa shape index (κ1) is 8.57. The van der Waals surface area contributed by atoms with Crippen molar-refractivity contribution in [3.63, 3.8) is 0 Å². The summed E-state index contributed by atoms with van der Waals surface area (Å²) >= 11 is 0. The number of hydrogen-bond donors (Lipinski definition) is 1. The van der Waals surface area contributed by atoms with E-state index >= 15 is 0 Å². The van der Waals surface area contributed by atoms with E-state index < -0.39 is 0 Å². The highest BCUT2D eigenvalue weighted by atomic mass is 35.5. The molecule has 1 aliphatic carbocycles. The van der Waals surface area contributed by atoms with Crippen molar-refractivity contribution in [2.24, 2.45) is 0 Å². The minimum Gasteiger partial charge on any atom is -0.342 e. The van der Waals surface area contributed by atoms with Crippen LogP contribution in [0.15, 0.2) is 24.3 Å². The Bertz CT molecular complexity index is 385. The van der Waals surface area contributed by atoms with Gasteiger partial charge in [-0.3, -0.25) is 0 Å². The molecule has 0 spiro atoms. The van der Waals surface area contributed by atoms with E-state index in [9.17, 15) is 0 Å². The number of benzene rings is 1. The van der Waals surface area contributed by atoms with Crippen molar-refractivity contribution in [3.8, 4) is 0 Å². The third kappa shape index (κ3) is 1.42. The molecule has 1 N–H and O–H groups in total. The number of para-hydroxylation sites is 2. The van der Waals surface area contributed by atoms with Gasteiger partial charge in [0.25, 0.3) is 0 Å². The molecule has 2 nitrogen and oxygen atoms in total. The van der Waals surface area contributed by atoms with Crippen LogP contribution in [0.25, 0.3) is 11.0 Å². The summed E-state index contributed by atoms with van der Waals surface area (Å²) in [5.74, 6) is 1.90. The van der Waals surface area contributed by atoms with Gasteiger partial charge in [0.1, 0.15) is 5.82 Å². The Kier molecular flexibility index (Phi) is 2.00. The van der Waals surface area contributed by atoms with Gasteiger partial charge in [-0.2, -0.15) is 0 Å². The lowest BCUT2D eigenvalue weighted by Gasteiger charge is -1.84. The molecule has 1 aromatic carbocycles. The van der Waals surface area contributed by atoms with E-state index in [4.69, 9.17) is 0 Å². The normalized spacial score (nSPS) is 15.7. The molecule has 2 aromatic rings. The zero-order chi connectivity index (χ0) is 7.97. The largest absolute Gasteiger partial charge is 0.342 e. The SMILES string of the molecule is Cl.c1ccc2[nH]c(C3CC3)nc2c1. The second-order valence-electron chi connectivity index (χ2n) is 3.41. The zero-order valence-electron chi connectivity index (χ0n) is 7.16. The number of hydrogen-bond acceptors (Lipinski definition) is 1. The van der Waals surface area contributed by atoms with E-state index in [2.05, 4.69) is 22.1 Å². The number of halogens is 1. The first-order valence-corrected chi connectivity index (χ1v) is 4.38. The zero-order valence-corrected chi connectivity index (χ0v) is 7.97. The van der Waals surface area contributed by atoms with Gasteiger partial charge in [-0.15, -0.1) is 12.4 Å². The predicted octanol–water partition coefficient (Wildman–Crippen LogP) is 2.86. The molecule has 1 heterocycles. The molecule has 0 aliphatic heterocycles. The summed E-state index contributed by atoms with van der Waals surface area (Å²) in [6.45, 7) is 0. The first-order valence-electron chi connectivity index (χ1n) is 4.38. The number of rotatable bonds is 1. The number of fused-ring (bicyclic) bond motifs is 1. The van der Waals surface area contributed by atoms with E-state index in [1.807, 2.05) is 12.1 Å². The fourth-order valence-corrected chi connectivity index (χ4v) is 1.52. The van der Waals surface area contributed by atoms with E-state index in [0.29, 0.717) is 0 Å². The van der Waals surface area contributed by atoms with Gasteiger partial charge in [0.15, 0.2) is 0 Å². The smallest absolute Gasteiger partial charge is 0.110 e. The van der Waals surface area contributed by atoms with E-state index in [1.54, 1.807) is 0 Å². The fraction of sp³-hybridized carbons (Fsp3) is 0.300. The van der Waals surface area contributed by atoms with Gasteiger partial charge in [0, 0.05) is 5.92 Å². The van der Waals surface area contributed by atoms with Gasteiger partial charge in [0.2, 0.25) is 0 Å². The number of nitrogens with zero attached hydrogens (tertiary/aromatic N) is 1. The Morgan fingerprint density at radius 2 is 2.00 bits per heavy atom. The standard InChI is InChI=1S/C10H10N2.ClH/c1-2-4-9-8(3-1)11-10(12-9)7-5-6-7;/h1-4,7H,5-6H2,(H,11,12);1H. The van der Waals surface area contributed by atoms with Crippen molar-refractivity contribution in [1.82, 2.24) is 9.97 Å². The van der Waals surface area contributed by atoms with Crippen LogP contribution in [-0.4, -0.2) is 9.97 Å². The Labute approximate surface area is 82.8 Å². The van der Waals surface area contributed by atoms with Crippen molar-refractivity contribution in [2.75, 3.05) is 0 Å². The summed E-state index contributed by atoms with van der Waals surface area (Å²) in [6.07, 6.45) is 2.61. The summed E-state index contributed by atoms with van der Waals surface area (Å²) in [6, 6.07) is 8.20. The number of nitrogens with one attached hydrogen (secondary N) is 1. The number of imidazole rings is 1. The molecule has 0 atom stereocenters. The summed E-state index contributed by atoms with van der Waals surface area (Å²) in [5.41, 5.74) is 2.26. The molecule has 1 aromatic heterocycles. The summed E-state index contributed by atoms with van der Waals surface area (Å²) in [7, 11) is 0. The highest BCUT2D eigenvalue weighted by molar-refractivity contribution is 5.85. The van der Waals surface area contributed by atoms with Crippen LogP contribution in [0.4, 0.5) is 0 Å². The molecule has 13 heavy (non-hydrogen) atoms. The van der Waals surface area contributed by atoms with Gasteiger partial charge >= 0.3 is 0 Å². The van der Waals surface area contributed by atoms with Crippen molar-refractivity contribution < 1.29 is 0 Å². The maximum Gasteiger partial charge on any atom is 0.110 e. The van der Waals surface area contributed by atoms with Crippen LogP contribution in [0.1, 0.15) is 24.6 Å². The summed E-state index contributed by atoms with van der Waals surface area (Å²) in [5, 5.41) is 0. The lowest BCUT2D eigenvalue weighted by molar-refractivity contribution is 0.986. The topological polar surface area (TPSA) is 28.7 Å². The number of H-pyrrole nitrogens is 1. The van der Waals surface area contributed by atoms with Gasteiger partial charge in [0.05, 0.1) is 11.0 Å². The molecule has 1 fully saturated rings. The average molecular weight is 195 g/mol. The Morgan fingerprint density at radius 3 is 2.69 bits per heavy atom. The second-order valence-corrected chi connectivity index (χ2v) is 3.41. The molecule has 0 radical (unpaired) electrons. The van der Waals surface area contributed by atoms with Crippen molar-refractivity contribution in [3.05, 3.63) is 30.1 Å². The minimum atomic E-state index is 0. The predicted molar refractivity (Wildman–Crippen MR) is 55.3 cm³/mol. The first-order chi connectivity index (χ1) is 5.93.